The molecule has 1 saturated heterocycles. The van der Waals surface area contributed by atoms with Gasteiger partial charge in [-0.25, -0.2) is 4.79 Å². The molecule has 1 fully saturated rings. The van der Waals surface area contributed by atoms with Crippen LogP contribution in [0.2, 0.25) is 0 Å². The molecule has 2 N–H and O–H groups in total. The Bertz CT molecular complexity index is 549. The number of amides is 3. The van der Waals surface area contributed by atoms with Crippen molar-refractivity contribution in [3.05, 3.63) is 30.3 Å². The number of para-hydroxylation sites is 1. The topological polar surface area (TPSA) is 61.4 Å². The summed E-state index contributed by atoms with van der Waals surface area (Å²) < 4.78 is 0.0935. The van der Waals surface area contributed by atoms with Gasteiger partial charge in [0.15, 0.2) is 0 Å². The minimum absolute atomic E-state index is 0.0748. The number of anilines is 1. The van der Waals surface area contributed by atoms with Crippen LogP contribution in [0.25, 0.3) is 0 Å². The van der Waals surface area contributed by atoms with Crippen LogP contribution in [-0.2, 0) is 4.79 Å². The number of thioether (sulfide) groups is 1. The SMILES string of the molecule is CC(C)(C)SCC(=O)NC1CCN(C(=O)Nc2ccccc2)CC1. The fraction of sp³-hybridized carbons (Fsp3) is 0.556. The minimum Gasteiger partial charge on any atom is -0.353 e. The molecular formula is C18H27N3O2S. The Balaban J connectivity index is 1.71. The fourth-order valence-electron chi connectivity index (χ4n) is 2.50. The van der Waals surface area contributed by atoms with E-state index in [1.807, 2.05) is 30.3 Å². The molecule has 0 bridgehead atoms. The van der Waals surface area contributed by atoms with Crippen LogP contribution >= 0.6 is 11.8 Å². The molecule has 6 heteroatoms. The molecule has 1 aliphatic heterocycles. The number of benzene rings is 1. The zero-order valence-electron chi connectivity index (χ0n) is 14.7. The molecule has 2 rings (SSSR count). The molecule has 1 aromatic carbocycles. The quantitative estimate of drug-likeness (QED) is 0.876. The summed E-state index contributed by atoms with van der Waals surface area (Å²) >= 11 is 1.65. The third-order valence-corrected chi connectivity index (χ3v) is 5.08. The summed E-state index contributed by atoms with van der Waals surface area (Å²) in [5, 5.41) is 5.98. The Labute approximate surface area is 148 Å². The van der Waals surface area contributed by atoms with Crippen LogP contribution < -0.4 is 10.6 Å². The first-order valence-electron chi connectivity index (χ1n) is 8.38. The minimum atomic E-state index is -0.0748. The first-order valence-corrected chi connectivity index (χ1v) is 9.36. The van der Waals surface area contributed by atoms with Crippen molar-refractivity contribution >= 4 is 29.4 Å². The largest absolute Gasteiger partial charge is 0.353 e. The highest BCUT2D eigenvalue weighted by molar-refractivity contribution is 8.01. The Hall–Kier alpha value is -1.69. The lowest BCUT2D eigenvalue weighted by molar-refractivity contribution is -0.119. The lowest BCUT2D eigenvalue weighted by Crippen LogP contribution is -2.48. The maximum atomic E-state index is 12.2. The number of nitrogens with one attached hydrogen (secondary N) is 2. The Morgan fingerprint density at radius 2 is 1.79 bits per heavy atom. The molecule has 0 radical (unpaired) electrons. The van der Waals surface area contributed by atoms with Gasteiger partial charge in [-0.2, -0.15) is 0 Å². The normalized spacial score (nSPS) is 15.9. The summed E-state index contributed by atoms with van der Waals surface area (Å²) in [5.74, 6) is 0.570. The van der Waals surface area contributed by atoms with Crippen LogP contribution in [0.4, 0.5) is 10.5 Å². The van der Waals surface area contributed by atoms with Gasteiger partial charge < -0.3 is 15.5 Å². The van der Waals surface area contributed by atoms with Gasteiger partial charge in [-0.3, -0.25) is 4.79 Å². The Morgan fingerprint density at radius 3 is 2.38 bits per heavy atom. The van der Waals surface area contributed by atoms with Gasteiger partial charge in [0.2, 0.25) is 5.91 Å². The van der Waals surface area contributed by atoms with Gasteiger partial charge in [-0.15, -0.1) is 11.8 Å². The number of urea groups is 1. The smallest absolute Gasteiger partial charge is 0.321 e. The standard InChI is InChI=1S/C18H27N3O2S/c1-18(2,3)24-13-16(22)19-15-9-11-21(12-10-15)17(23)20-14-7-5-4-6-8-14/h4-8,15H,9-13H2,1-3H3,(H,19,22)(H,20,23). The first-order chi connectivity index (χ1) is 11.3. The van der Waals surface area contributed by atoms with E-state index in [0.717, 1.165) is 18.5 Å². The van der Waals surface area contributed by atoms with Gasteiger partial charge in [0, 0.05) is 29.6 Å². The second kappa shape index (κ2) is 8.42. The molecule has 1 aromatic rings. The number of carbonyl (C=O) groups is 2. The number of rotatable bonds is 4. The molecule has 132 valence electrons. The highest BCUT2D eigenvalue weighted by Gasteiger charge is 2.24. The summed E-state index contributed by atoms with van der Waals surface area (Å²) in [4.78, 5) is 26.0. The van der Waals surface area contributed by atoms with E-state index in [-0.39, 0.29) is 22.7 Å². The van der Waals surface area contributed by atoms with Crippen molar-refractivity contribution in [3.8, 4) is 0 Å². The number of piperidine rings is 1. The fourth-order valence-corrected chi connectivity index (χ4v) is 3.15. The third-order valence-electron chi connectivity index (χ3n) is 3.81. The maximum Gasteiger partial charge on any atom is 0.321 e. The van der Waals surface area contributed by atoms with E-state index in [1.54, 1.807) is 16.7 Å². The number of nitrogens with zero attached hydrogens (tertiary/aromatic N) is 1. The summed E-state index contributed by atoms with van der Waals surface area (Å²) in [6.07, 6.45) is 1.60. The van der Waals surface area contributed by atoms with Gasteiger partial charge in [0.25, 0.3) is 0 Å². The van der Waals surface area contributed by atoms with Crippen molar-refractivity contribution < 1.29 is 9.59 Å². The molecular weight excluding hydrogens is 322 g/mol. The molecule has 1 aliphatic rings. The number of hydrogen-bond acceptors (Lipinski definition) is 3. The van der Waals surface area contributed by atoms with Crippen molar-refractivity contribution in [2.45, 2.75) is 44.4 Å². The predicted molar refractivity (Wildman–Crippen MR) is 100 cm³/mol. The van der Waals surface area contributed by atoms with E-state index in [4.69, 9.17) is 0 Å². The van der Waals surface area contributed by atoms with Crippen molar-refractivity contribution in [1.82, 2.24) is 10.2 Å². The molecule has 1 heterocycles. The van der Waals surface area contributed by atoms with Gasteiger partial charge in [-0.05, 0) is 25.0 Å². The molecule has 0 aromatic heterocycles. The van der Waals surface area contributed by atoms with Gasteiger partial charge in [0.05, 0.1) is 5.75 Å². The number of carbonyl (C=O) groups excluding carboxylic acids is 2. The van der Waals surface area contributed by atoms with E-state index in [1.165, 1.54) is 0 Å². The van der Waals surface area contributed by atoms with Crippen LogP contribution in [0.15, 0.2) is 30.3 Å². The molecule has 5 nitrogen and oxygen atoms in total. The second-order valence-electron chi connectivity index (χ2n) is 7.03. The average molecular weight is 350 g/mol. The molecule has 0 unspecified atom stereocenters. The van der Waals surface area contributed by atoms with Crippen LogP contribution in [0.3, 0.4) is 0 Å². The van der Waals surface area contributed by atoms with Gasteiger partial charge >= 0.3 is 6.03 Å². The van der Waals surface area contributed by atoms with Crippen molar-refractivity contribution in [2.24, 2.45) is 0 Å². The molecule has 0 atom stereocenters. The highest BCUT2D eigenvalue weighted by atomic mass is 32.2. The average Bonchev–Trinajstić information content (AvgIpc) is 2.54. The van der Waals surface area contributed by atoms with Crippen LogP contribution in [0.5, 0.6) is 0 Å². The van der Waals surface area contributed by atoms with Crippen LogP contribution in [-0.4, -0.2) is 46.5 Å². The van der Waals surface area contributed by atoms with E-state index in [9.17, 15) is 9.59 Å². The van der Waals surface area contributed by atoms with E-state index < -0.39 is 0 Å². The monoisotopic (exact) mass is 349 g/mol. The second-order valence-corrected chi connectivity index (χ2v) is 8.83. The molecule has 24 heavy (non-hydrogen) atoms. The van der Waals surface area contributed by atoms with Crippen molar-refractivity contribution in [1.29, 1.82) is 0 Å². The van der Waals surface area contributed by atoms with E-state index in [2.05, 4.69) is 31.4 Å². The predicted octanol–water partition coefficient (Wildman–Crippen LogP) is 3.33. The summed E-state index contributed by atoms with van der Waals surface area (Å²) in [5.41, 5.74) is 0.803. The molecule has 3 amide bonds. The highest BCUT2D eigenvalue weighted by Crippen LogP contribution is 2.22. The number of likely N-dealkylation sites (tertiary alicyclic amines) is 1. The third kappa shape index (κ3) is 6.43. The summed E-state index contributed by atoms with van der Waals surface area (Å²) in [7, 11) is 0. The zero-order valence-corrected chi connectivity index (χ0v) is 15.5. The Kier molecular flexibility index (Phi) is 6.54. The molecule has 0 spiro atoms. The van der Waals surface area contributed by atoms with Crippen LogP contribution in [0, 0.1) is 0 Å². The van der Waals surface area contributed by atoms with Gasteiger partial charge in [-0.1, -0.05) is 39.0 Å². The zero-order chi connectivity index (χ0) is 17.6. The molecule has 0 saturated carbocycles. The molecule has 0 aliphatic carbocycles. The van der Waals surface area contributed by atoms with E-state index >= 15 is 0 Å². The van der Waals surface area contributed by atoms with E-state index in [0.29, 0.717) is 18.8 Å². The number of hydrogen-bond donors (Lipinski definition) is 2. The summed E-state index contributed by atoms with van der Waals surface area (Å²) in [6.45, 7) is 7.64. The van der Waals surface area contributed by atoms with Gasteiger partial charge in [0.1, 0.15) is 0 Å². The van der Waals surface area contributed by atoms with Crippen LogP contribution in [0.1, 0.15) is 33.6 Å². The lowest BCUT2D eigenvalue weighted by Gasteiger charge is -2.32. The lowest BCUT2D eigenvalue weighted by atomic mass is 10.1. The summed E-state index contributed by atoms with van der Waals surface area (Å²) in [6, 6.07) is 9.55. The maximum absolute atomic E-state index is 12.2. The first kappa shape index (κ1) is 18.6. The van der Waals surface area contributed by atoms with Crippen molar-refractivity contribution in [3.63, 3.8) is 0 Å². The van der Waals surface area contributed by atoms with Crippen molar-refractivity contribution in [2.75, 3.05) is 24.2 Å². The Morgan fingerprint density at radius 1 is 1.17 bits per heavy atom.